The lowest BCUT2D eigenvalue weighted by atomic mass is 9.87. The van der Waals surface area contributed by atoms with E-state index < -0.39 is 5.97 Å². The number of carbonyl (C=O) groups is 3. The van der Waals surface area contributed by atoms with Gasteiger partial charge < -0.3 is 15.3 Å². The molecule has 1 heterocycles. The highest BCUT2D eigenvalue weighted by atomic mass is 16.4. The van der Waals surface area contributed by atoms with Gasteiger partial charge in [0.15, 0.2) is 0 Å². The third-order valence-electron chi connectivity index (χ3n) is 4.84. The lowest BCUT2D eigenvalue weighted by Gasteiger charge is -2.31. The van der Waals surface area contributed by atoms with Gasteiger partial charge in [0.2, 0.25) is 5.91 Å². The summed E-state index contributed by atoms with van der Waals surface area (Å²) in [6.07, 6.45) is 1.55. The molecule has 1 fully saturated rings. The van der Waals surface area contributed by atoms with Crippen molar-refractivity contribution in [2.45, 2.75) is 45.4 Å². The number of carboxylic acid groups (broad SMARTS) is 1. The number of nitrogens with one attached hydrogen (secondary N) is 1. The molecular formula is C20H28N2O4. The van der Waals surface area contributed by atoms with Crippen molar-refractivity contribution >= 4 is 17.8 Å². The van der Waals surface area contributed by atoms with Crippen molar-refractivity contribution in [3.05, 3.63) is 35.4 Å². The number of amides is 2. The number of hydrogen-bond acceptors (Lipinski definition) is 3. The Morgan fingerprint density at radius 2 is 1.69 bits per heavy atom. The Labute approximate surface area is 154 Å². The number of aliphatic carboxylic acids is 1. The zero-order chi connectivity index (χ0) is 19.3. The fourth-order valence-corrected chi connectivity index (χ4v) is 3.12. The van der Waals surface area contributed by atoms with E-state index in [2.05, 4.69) is 26.1 Å². The molecule has 0 atom stereocenters. The number of piperidine rings is 1. The maximum Gasteiger partial charge on any atom is 0.303 e. The quantitative estimate of drug-likeness (QED) is 0.844. The monoisotopic (exact) mass is 360 g/mol. The molecule has 6 nitrogen and oxygen atoms in total. The summed E-state index contributed by atoms with van der Waals surface area (Å²) >= 11 is 0. The minimum atomic E-state index is -0.792. The number of rotatable bonds is 5. The summed E-state index contributed by atoms with van der Waals surface area (Å²) in [5.41, 5.74) is 1.71. The lowest BCUT2D eigenvalue weighted by molar-refractivity contribution is -0.138. The van der Waals surface area contributed by atoms with E-state index in [-0.39, 0.29) is 36.1 Å². The molecule has 0 saturated carbocycles. The molecule has 0 unspecified atom stereocenters. The molecule has 1 aromatic carbocycles. The van der Waals surface area contributed by atoms with Crippen LogP contribution in [0.4, 0.5) is 0 Å². The van der Waals surface area contributed by atoms with Crippen LogP contribution < -0.4 is 5.32 Å². The maximum atomic E-state index is 12.2. The first-order valence-corrected chi connectivity index (χ1v) is 9.05. The number of hydrogen-bond donors (Lipinski definition) is 2. The van der Waals surface area contributed by atoms with Crippen LogP contribution in [0.3, 0.4) is 0 Å². The third-order valence-corrected chi connectivity index (χ3v) is 4.84. The zero-order valence-corrected chi connectivity index (χ0v) is 15.7. The molecule has 0 spiro atoms. The zero-order valence-electron chi connectivity index (χ0n) is 15.7. The molecular weight excluding hydrogens is 332 g/mol. The topological polar surface area (TPSA) is 86.7 Å². The van der Waals surface area contributed by atoms with Gasteiger partial charge in [0.25, 0.3) is 5.91 Å². The predicted molar refractivity (Wildman–Crippen MR) is 99.0 cm³/mol. The van der Waals surface area contributed by atoms with Gasteiger partial charge >= 0.3 is 5.97 Å². The number of likely N-dealkylation sites (tertiary alicyclic amines) is 1. The molecule has 1 aliphatic rings. The second-order valence-corrected chi connectivity index (χ2v) is 7.93. The average Bonchev–Trinajstić information content (AvgIpc) is 2.59. The molecule has 0 aliphatic carbocycles. The van der Waals surface area contributed by atoms with Crippen LogP contribution >= 0.6 is 0 Å². The van der Waals surface area contributed by atoms with E-state index in [4.69, 9.17) is 5.11 Å². The first-order valence-electron chi connectivity index (χ1n) is 9.05. The van der Waals surface area contributed by atoms with E-state index in [0.717, 1.165) is 5.56 Å². The number of carboxylic acids is 1. The summed E-state index contributed by atoms with van der Waals surface area (Å²) < 4.78 is 0. The van der Waals surface area contributed by atoms with E-state index in [9.17, 15) is 14.4 Å². The molecule has 2 rings (SSSR count). The minimum absolute atomic E-state index is 0.0255. The van der Waals surface area contributed by atoms with Gasteiger partial charge in [-0.2, -0.15) is 0 Å². The van der Waals surface area contributed by atoms with Crippen LogP contribution in [0.2, 0.25) is 0 Å². The molecule has 2 N–H and O–H groups in total. The van der Waals surface area contributed by atoms with Gasteiger partial charge in [0.1, 0.15) is 0 Å². The van der Waals surface area contributed by atoms with Gasteiger partial charge in [0.05, 0.1) is 6.54 Å². The second kappa shape index (κ2) is 8.34. The molecule has 0 bridgehead atoms. The smallest absolute Gasteiger partial charge is 0.303 e. The molecule has 26 heavy (non-hydrogen) atoms. The van der Waals surface area contributed by atoms with Crippen LogP contribution in [0, 0.1) is 5.92 Å². The summed E-state index contributed by atoms with van der Waals surface area (Å²) in [5, 5.41) is 11.5. The van der Waals surface area contributed by atoms with E-state index in [1.807, 2.05) is 12.1 Å². The largest absolute Gasteiger partial charge is 0.481 e. The standard InChI is InChI=1S/C20H28N2O4/c1-20(2,3)16-6-4-15(5-7-16)19(26)21-13-17(23)22-10-8-14(9-11-22)12-18(24)25/h4-7,14H,8-13H2,1-3H3,(H,21,26)(H,24,25). The Hall–Kier alpha value is -2.37. The van der Waals surface area contributed by atoms with E-state index in [1.165, 1.54) is 0 Å². The van der Waals surface area contributed by atoms with E-state index in [1.54, 1.807) is 17.0 Å². The normalized spacial score (nSPS) is 15.6. The fraction of sp³-hybridized carbons (Fsp3) is 0.550. The van der Waals surface area contributed by atoms with E-state index >= 15 is 0 Å². The molecule has 0 radical (unpaired) electrons. The van der Waals surface area contributed by atoms with Crippen LogP contribution in [-0.4, -0.2) is 47.4 Å². The highest BCUT2D eigenvalue weighted by Crippen LogP contribution is 2.22. The summed E-state index contributed by atoms with van der Waals surface area (Å²) in [5.74, 6) is -1.05. The Morgan fingerprint density at radius 1 is 1.12 bits per heavy atom. The predicted octanol–water partition coefficient (Wildman–Crippen LogP) is 2.43. The van der Waals surface area contributed by atoms with Gasteiger partial charge in [-0.3, -0.25) is 14.4 Å². The van der Waals surface area contributed by atoms with Crippen molar-refractivity contribution in [3.8, 4) is 0 Å². The summed E-state index contributed by atoms with van der Waals surface area (Å²) in [4.78, 5) is 36.9. The van der Waals surface area contributed by atoms with Gasteiger partial charge in [0, 0.05) is 25.1 Å². The molecule has 1 saturated heterocycles. The van der Waals surface area contributed by atoms with Crippen molar-refractivity contribution in [2.75, 3.05) is 19.6 Å². The third kappa shape index (κ3) is 5.58. The SMILES string of the molecule is CC(C)(C)c1ccc(C(=O)NCC(=O)N2CCC(CC(=O)O)CC2)cc1. The lowest BCUT2D eigenvalue weighted by Crippen LogP contribution is -2.44. The minimum Gasteiger partial charge on any atom is -0.481 e. The van der Waals surface area contributed by atoms with Crippen LogP contribution in [0.25, 0.3) is 0 Å². The van der Waals surface area contributed by atoms with Crippen molar-refractivity contribution in [3.63, 3.8) is 0 Å². The highest BCUT2D eigenvalue weighted by molar-refractivity contribution is 5.96. The Balaban J connectivity index is 1.80. The fourth-order valence-electron chi connectivity index (χ4n) is 3.12. The van der Waals surface area contributed by atoms with Gasteiger partial charge in [-0.25, -0.2) is 0 Å². The van der Waals surface area contributed by atoms with Crippen LogP contribution in [0.15, 0.2) is 24.3 Å². The Bertz CT molecular complexity index is 653. The maximum absolute atomic E-state index is 12.2. The van der Waals surface area contributed by atoms with Crippen LogP contribution in [0.1, 0.15) is 56.0 Å². The van der Waals surface area contributed by atoms with Crippen molar-refractivity contribution < 1.29 is 19.5 Å². The Kier molecular flexibility index (Phi) is 6.40. The van der Waals surface area contributed by atoms with Crippen molar-refractivity contribution in [1.29, 1.82) is 0 Å². The van der Waals surface area contributed by atoms with Crippen molar-refractivity contribution in [1.82, 2.24) is 10.2 Å². The summed E-state index contributed by atoms with van der Waals surface area (Å²) in [7, 11) is 0. The Morgan fingerprint density at radius 3 is 2.19 bits per heavy atom. The first kappa shape index (κ1) is 19.9. The van der Waals surface area contributed by atoms with Gasteiger partial charge in [-0.1, -0.05) is 32.9 Å². The molecule has 142 valence electrons. The van der Waals surface area contributed by atoms with E-state index in [0.29, 0.717) is 31.5 Å². The molecule has 2 amide bonds. The number of nitrogens with zero attached hydrogens (tertiary/aromatic N) is 1. The van der Waals surface area contributed by atoms with Crippen LogP contribution in [0.5, 0.6) is 0 Å². The summed E-state index contributed by atoms with van der Waals surface area (Å²) in [6, 6.07) is 7.42. The molecule has 1 aromatic rings. The van der Waals surface area contributed by atoms with Crippen molar-refractivity contribution in [2.24, 2.45) is 5.92 Å². The molecule has 6 heteroatoms. The number of benzene rings is 1. The first-order chi connectivity index (χ1) is 12.2. The average molecular weight is 360 g/mol. The second-order valence-electron chi connectivity index (χ2n) is 7.93. The molecule has 1 aliphatic heterocycles. The highest BCUT2D eigenvalue weighted by Gasteiger charge is 2.24. The molecule has 0 aromatic heterocycles. The van der Waals surface area contributed by atoms with Gasteiger partial charge in [-0.15, -0.1) is 0 Å². The number of carbonyl (C=O) groups excluding carboxylic acids is 2. The van der Waals surface area contributed by atoms with Gasteiger partial charge in [-0.05, 0) is 41.9 Å². The summed E-state index contributed by atoms with van der Waals surface area (Å²) in [6.45, 7) is 7.39. The van der Waals surface area contributed by atoms with Crippen LogP contribution in [-0.2, 0) is 15.0 Å².